The standard InChI is InChI=1S/C18H28N2O3/c1-4-9-20(12-14-5-6-14)13-18(21)19-11-15-7-8-16(22-2)17(10-15)23-3/h7-8,10,14H,4-6,9,11-13H2,1-3H3,(H,19,21). The maximum atomic E-state index is 12.2. The Kier molecular flexibility index (Phi) is 6.71. The molecule has 0 unspecified atom stereocenters. The Morgan fingerprint density at radius 3 is 2.61 bits per heavy atom. The zero-order valence-electron chi connectivity index (χ0n) is 14.4. The Hall–Kier alpha value is -1.75. The summed E-state index contributed by atoms with van der Waals surface area (Å²) in [5.41, 5.74) is 1.00. The van der Waals surface area contributed by atoms with Gasteiger partial charge in [0.15, 0.2) is 11.5 Å². The third kappa shape index (κ3) is 5.75. The fourth-order valence-corrected chi connectivity index (χ4v) is 2.67. The molecule has 5 heteroatoms. The first-order chi connectivity index (χ1) is 11.2. The number of methoxy groups -OCH3 is 2. The van der Waals surface area contributed by atoms with Gasteiger partial charge in [0.2, 0.25) is 5.91 Å². The lowest BCUT2D eigenvalue weighted by atomic mass is 10.2. The van der Waals surface area contributed by atoms with Crippen LogP contribution in [-0.2, 0) is 11.3 Å². The summed E-state index contributed by atoms with van der Waals surface area (Å²) in [7, 11) is 3.22. The molecule has 0 aromatic heterocycles. The lowest BCUT2D eigenvalue weighted by Crippen LogP contribution is -2.38. The second-order valence-electron chi connectivity index (χ2n) is 6.14. The van der Waals surface area contributed by atoms with Crippen molar-refractivity contribution in [3.63, 3.8) is 0 Å². The number of hydrogen-bond acceptors (Lipinski definition) is 4. The zero-order chi connectivity index (χ0) is 16.7. The first-order valence-corrected chi connectivity index (χ1v) is 8.36. The summed E-state index contributed by atoms with van der Waals surface area (Å²) < 4.78 is 10.5. The summed E-state index contributed by atoms with van der Waals surface area (Å²) in [5, 5.41) is 2.99. The van der Waals surface area contributed by atoms with Gasteiger partial charge in [-0.2, -0.15) is 0 Å². The Morgan fingerprint density at radius 2 is 2.00 bits per heavy atom. The highest BCUT2D eigenvalue weighted by Crippen LogP contribution is 2.29. The van der Waals surface area contributed by atoms with Gasteiger partial charge in [0.25, 0.3) is 0 Å². The van der Waals surface area contributed by atoms with Crippen molar-refractivity contribution < 1.29 is 14.3 Å². The SMILES string of the molecule is CCCN(CC(=O)NCc1ccc(OC)c(OC)c1)CC1CC1. The highest BCUT2D eigenvalue weighted by Gasteiger charge is 2.24. The van der Waals surface area contributed by atoms with Gasteiger partial charge >= 0.3 is 0 Å². The predicted molar refractivity (Wildman–Crippen MR) is 90.8 cm³/mol. The van der Waals surface area contributed by atoms with Crippen LogP contribution in [0.4, 0.5) is 0 Å². The van der Waals surface area contributed by atoms with E-state index in [4.69, 9.17) is 9.47 Å². The molecule has 0 atom stereocenters. The van der Waals surface area contributed by atoms with Crippen molar-refractivity contribution in [2.75, 3.05) is 33.9 Å². The predicted octanol–water partition coefficient (Wildman–Crippen LogP) is 2.44. The lowest BCUT2D eigenvalue weighted by Gasteiger charge is -2.21. The quantitative estimate of drug-likeness (QED) is 0.719. The molecule has 1 aromatic rings. The van der Waals surface area contributed by atoms with Gasteiger partial charge in [0, 0.05) is 13.1 Å². The fourth-order valence-electron chi connectivity index (χ4n) is 2.67. The summed E-state index contributed by atoms with van der Waals surface area (Å²) >= 11 is 0. The first kappa shape index (κ1) is 17.6. The van der Waals surface area contributed by atoms with Crippen molar-refractivity contribution in [3.05, 3.63) is 23.8 Å². The largest absolute Gasteiger partial charge is 0.493 e. The molecule has 1 aromatic carbocycles. The molecule has 1 aliphatic carbocycles. The van der Waals surface area contributed by atoms with Crippen LogP contribution in [-0.4, -0.2) is 44.7 Å². The average Bonchev–Trinajstić information content (AvgIpc) is 3.36. The number of benzene rings is 1. The molecule has 128 valence electrons. The number of hydrogen-bond donors (Lipinski definition) is 1. The molecule has 23 heavy (non-hydrogen) atoms. The number of rotatable bonds is 10. The molecule has 0 heterocycles. The molecular formula is C18H28N2O3. The molecule has 1 aliphatic rings. The monoisotopic (exact) mass is 320 g/mol. The van der Waals surface area contributed by atoms with Gasteiger partial charge in [0.05, 0.1) is 20.8 Å². The second kappa shape index (κ2) is 8.77. The minimum atomic E-state index is 0.0777. The Morgan fingerprint density at radius 1 is 1.26 bits per heavy atom. The van der Waals surface area contributed by atoms with Gasteiger partial charge in [-0.1, -0.05) is 13.0 Å². The molecule has 1 amide bonds. The van der Waals surface area contributed by atoms with Crippen LogP contribution >= 0.6 is 0 Å². The van der Waals surface area contributed by atoms with Crippen LogP contribution in [0.2, 0.25) is 0 Å². The second-order valence-corrected chi connectivity index (χ2v) is 6.14. The summed E-state index contributed by atoms with van der Waals surface area (Å²) in [6.45, 7) is 5.18. The minimum absolute atomic E-state index is 0.0777. The van der Waals surface area contributed by atoms with Gasteiger partial charge < -0.3 is 14.8 Å². The highest BCUT2D eigenvalue weighted by atomic mass is 16.5. The highest BCUT2D eigenvalue weighted by molar-refractivity contribution is 5.78. The molecule has 1 saturated carbocycles. The van der Waals surface area contributed by atoms with Gasteiger partial charge in [-0.15, -0.1) is 0 Å². The molecule has 1 N–H and O–H groups in total. The van der Waals surface area contributed by atoms with Crippen molar-refractivity contribution in [1.29, 1.82) is 0 Å². The van der Waals surface area contributed by atoms with E-state index in [2.05, 4.69) is 17.1 Å². The van der Waals surface area contributed by atoms with Crippen LogP contribution in [0.1, 0.15) is 31.7 Å². The number of nitrogens with one attached hydrogen (secondary N) is 1. The topological polar surface area (TPSA) is 50.8 Å². The van der Waals surface area contributed by atoms with Crippen molar-refractivity contribution >= 4 is 5.91 Å². The van der Waals surface area contributed by atoms with Crippen molar-refractivity contribution in [2.45, 2.75) is 32.7 Å². The van der Waals surface area contributed by atoms with E-state index in [0.29, 0.717) is 24.6 Å². The summed E-state index contributed by atoms with van der Waals surface area (Å²) in [5.74, 6) is 2.26. The van der Waals surface area contributed by atoms with Crippen molar-refractivity contribution in [2.24, 2.45) is 5.92 Å². The molecule has 0 saturated heterocycles. The maximum Gasteiger partial charge on any atom is 0.234 e. The van der Waals surface area contributed by atoms with Crippen LogP contribution < -0.4 is 14.8 Å². The van der Waals surface area contributed by atoms with Crippen LogP contribution in [0, 0.1) is 5.92 Å². The Labute approximate surface area is 139 Å². The summed E-state index contributed by atoms with van der Waals surface area (Å²) in [4.78, 5) is 14.4. The Balaban J connectivity index is 1.82. The summed E-state index contributed by atoms with van der Waals surface area (Å²) in [6.07, 6.45) is 3.70. The lowest BCUT2D eigenvalue weighted by molar-refractivity contribution is -0.122. The molecule has 5 nitrogen and oxygen atoms in total. The normalized spacial score (nSPS) is 13.9. The van der Waals surface area contributed by atoms with E-state index in [1.165, 1.54) is 12.8 Å². The summed E-state index contributed by atoms with van der Waals surface area (Å²) in [6, 6.07) is 5.69. The van der Waals surface area contributed by atoms with Gasteiger partial charge in [-0.05, 0) is 49.4 Å². The van der Waals surface area contributed by atoms with E-state index in [-0.39, 0.29) is 5.91 Å². The van der Waals surface area contributed by atoms with Crippen LogP contribution in [0.5, 0.6) is 11.5 Å². The fraction of sp³-hybridized carbons (Fsp3) is 0.611. The van der Waals surface area contributed by atoms with Gasteiger partial charge in [-0.3, -0.25) is 9.69 Å². The average molecular weight is 320 g/mol. The third-order valence-electron chi connectivity index (χ3n) is 4.06. The smallest absolute Gasteiger partial charge is 0.234 e. The zero-order valence-corrected chi connectivity index (χ0v) is 14.4. The number of carbonyl (C=O) groups excluding carboxylic acids is 1. The molecule has 1 fully saturated rings. The van der Waals surface area contributed by atoms with E-state index in [1.54, 1.807) is 14.2 Å². The number of carbonyl (C=O) groups is 1. The molecule has 0 bridgehead atoms. The van der Waals surface area contributed by atoms with E-state index >= 15 is 0 Å². The van der Waals surface area contributed by atoms with E-state index in [0.717, 1.165) is 31.0 Å². The van der Waals surface area contributed by atoms with Crippen molar-refractivity contribution in [1.82, 2.24) is 10.2 Å². The number of nitrogens with zero attached hydrogens (tertiary/aromatic N) is 1. The number of amides is 1. The van der Waals surface area contributed by atoms with E-state index in [1.807, 2.05) is 18.2 Å². The van der Waals surface area contributed by atoms with E-state index < -0.39 is 0 Å². The van der Waals surface area contributed by atoms with Crippen LogP contribution in [0.3, 0.4) is 0 Å². The van der Waals surface area contributed by atoms with E-state index in [9.17, 15) is 4.79 Å². The van der Waals surface area contributed by atoms with Crippen LogP contribution in [0.15, 0.2) is 18.2 Å². The molecule has 2 rings (SSSR count). The van der Waals surface area contributed by atoms with Crippen molar-refractivity contribution in [3.8, 4) is 11.5 Å². The molecule has 0 spiro atoms. The van der Waals surface area contributed by atoms with Gasteiger partial charge in [0.1, 0.15) is 0 Å². The minimum Gasteiger partial charge on any atom is -0.493 e. The molecular weight excluding hydrogens is 292 g/mol. The number of ether oxygens (including phenoxy) is 2. The molecule has 0 aliphatic heterocycles. The molecule has 0 radical (unpaired) electrons. The Bertz CT molecular complexity index is 515. The van der Waals surface area contributed by atoms with Gasteiger partial charge in [-0.25, -0.2) is 0 Å². The third-order valence-corrected chi connectivity index (χ3v) is 4.06. The van der Waals surface area contributed by atoms with Crippen LogP contribution in [0.25, 0.3) is 0 Å². The first-order valence-electron chi connectivity index (χ1n) is 8.36. The maximum absolute atomic E-state index is 12.2.